The Hall–Kier alpha value is -2.08. The third-order valence-electron chi connectivity index (χ3n) is 6.31. The molecule has 0 spiro atoms. The lowest BCUT2D eigenvalue weighted by atomic mass is 9.86. The number of likely N-dealkylation sites (tertiary alicyclic amines) is 1. The largest absolute Gasteiger partial charge is 0.481 e. The van der Waals surface area contributed by atoms with Crippen LogP contribution in [0.15, 0.2) is 30.3 Å². The predicted octanol–water partition coefficient (Wildman–Crippen LogP) is 3.40. The minimum Gasteiger partial charge on any atom is -0.481 e. The maximum absolute atomic E-state index is 12.4. The second-order valence-corrected chi connectivity index (χ2v) is 8.39. The molecule has 0 radical (unpaired) electrons. The molecule has 2 aliphatic rings. The maximum atomic E-state index is 12.4. The average molecular weight is 388 g/mol. The predicted molar refractivity (Wildman–Crippen MR) is 109 cm³/mol. The maximum Gasteiger partial charge on any atom is 0.315 e. The van der Waals surface area contributed by atoms with Crippen LogP contribution >= 0.6 is 0 Å². The summed E-state index contributed by atoms with van der Waals surface area (Å²) in [5.41, 5.74) is 1.24. The number of nitrogens with one attached hydrogen (secondary N) is 2. The highest BCUT2D eigenvalue weighted by atomic mass is 16.4. The molecule has 2 amide bonds. The molecule has 1 aliphatic carbocycles. The quantitative estimate of drug-likeness (QED) is 0.699. The number of carbonyl (C=O) groups is 2. The summed E-state index contributed by atoms with van der Waals surface area (Å²) >= 11 is 0. The van der Waals surface area contributed by atoms with E-state index >= 15 is 0 Å². The monoisotopic (exact) mass is 387 g/mol. The van der Waals surface area contributed by atoms with Crippen LogP contribution in [-0.2, 0) is 4.79 Å². The van der Waals surface area contributed by atoms with Gasteiger partial charge in [-0.2, -0.15) is 0 Å². The van der Waals surface area contributed by atoms with Gasteiger partial charge in [0.15, 0.2) is 0 Å². The molecule has 1 saturated heterocycles. The van der Waals surface area contributed by atoms with E-state index in [1.54, 1.807) is 0 Å². The Morgan fingerprint density at radius 1 is 1.07 bits per heavy atom. The van der Waals surface area contributed by atoms with Gasteiger partial charge in [0.05, 0.1) is 12.0 Å². The summed E-state index contributed by atoms with van der Waals surface area (Å²) in [5, 5.41) is 15.2. The van der Waals surface area contributed by atoms with Crippen molar-refractivity contribution in [3.8, 4) is 0 Å². The first-order chi connectivity index (χ1) is 13.5. The molecule has 1 heterocycles. The van der Waals surface area contributed by atoms with Crippen LogP contribution in [-0.4, -0.2) is 47.7 Å². The molecule has 0 aromatic heterocycles. The Morgan fingerprint density at radius 3 is 2.32 bits per heavy atom. The molecule has 6 heteroatoms. The minimum atomic E-state index is -0.718. The number of amides is 2. The fourth-order valence-corrected chi connectivity index (χ4v) is 4.38. The molecule has 2 fully saturated rings. The molecule has 1 aromatic carbocycles. The van der Waals surface area contributed by atoms with Crippen LogP contribution in [0.2, 0.25) is 0 Å². The third kappa shape index (κ3) is 5.71. The first-order valence-electron chi connectivity index (χ1n) is 10.6. The Morgan fingerprint density at radius 2 is 1.71 bits per heavy atom. The number of piperidine rings is 1. The summed E-state index contributed by atoms with van der Waals surface area (Å²) in [5.74, 6) is -0.209. The number of aliphatic carboxylic acids is 1. The molecular formula is C22H33N3O3. The summed E-state index contributed by atoms with van der Waals surface area (Å²) in [6.45, 7) is 5.00. The number of carboxylic acids is 1. The standard InChI is InChI=1S/C22H33N3O3/c1-16-11-13-25(14-12-16)20(17-5-3-2-4-6-17)15-23-22(28)24-19-9-7-18(8-10-19)21(26)27/h2-6,16,18-20H,7-15H2,1H3,(H,26,27)(H2,23,24,28). The smallest absolute Gasteiger partial charge is 0.315 e. The van der Waals surface area contributed by atoms with Crippen molar-refractivity contribution in [1.29, 1.82) is 0 Å². The van der Waals surface area contributed by atoms with E-state index in [-0.39, 0.29) is 24.0 Å². The molecule has 3 rings (SSSR count). The van der Waals surface area contributed by atoms with Gasteiger partial charge in [-0.15, -0.1) is 0 Å². The Labute approximate surface area is 167 Å². The first-order valence-corrected chi connectivity index (χ1v) is 10.6. The Balaban J connectivity index is 1.52. The van der Waals surface area contributed by atoms with Gasteiger partial charge < -0.3 is 15.7 Å². The third-order valence-corrected chi connectivity index (χ3v) is 6.31. The van der Waals surface area contributed by atoms with Gasteiger partial charge in [0.1, 0.15) is 0 Å². The van der Waals surface area contributed by atoms with E-state index < -0.39 is 5.97 Å². The highest BCUT2D eigenvalue weighted by Gasteiger charge is 2.28. The van der Waals surface area contributed by atoms with Gasteiger partial charge in [0.2, 0.25) is 0 Å². The van der Waals surface area contributed by atoms with E-state index in [9.17, 15) is 9.59 Å². The van der Waals surface area contributed by atoms with Gasteiger partial charge in [-0.3, -0.25) is 9.69 Å². The van der Waals surface area contributed by atoms with Gasteiger partial charge in [0.25, 0.3) is 0 Å². The zero-order chi connectivity index (χ0) is 19.9. The van der Waals surface area contributed by atoms with Gasteiger partial charge in [-0.1, -0.05) is 37.3 Å². The number of urea groups is 1. The van der Waals surface area contributed by atoms with Crippen molar-refractivity contribution in [3.63, 3.8) is 0 Å². The Kier molecular flexibility index (Phi) is 7.31. The van der Waals surface area contributed by atoms with Crippen LogP contribution in [0.25, 0.3) is 0 Å². The van der Waals surface area contributed by atoms with Gasteiger partial charge in [-0.25, -0.2) is 4.79 Å². The topological polar surface area (TPSA) is 81.7 Å². The van der Waals surface area contributed by atoms with Crippen molar-refractivity contribution < 1.29 is 14.7 Å². The minimum absolute atomic E-state index is 0.0709. The molecule has 1 unspecified atom stereocenters. The number of rotatable bonds is 6. The molecule has 1 aromatic rings. The number of nitrogens with zero attached hydrogens (tertiary/aromatic N) is 1. The highest BCUT2D eigenvalue weighted by Crippen LogP contribution is 2.27. The molecule has 28 heavy (non-hydrogen) atoms. The van der Waals surface area contributed by atoms with Crippen molar-refractivity contribution >= 4 is 12.0 Å². The second-order valence-electron chi connectivity index (χ2n) is 8.39. The molecule has 1 saturated carbocycles. The van der Waals surface area contributed by atoms with E-state index in [1.807, 2.05) is 6.07 Å². The number of carboxylic acid groups (broad SMARTS) is 1. The molecule has 0 bridgehead atoms. The molecule has 1 atom stereocenters. The summed E-state index contributed by atoms with van der Waals surface area (Å²) in [4.78, 5) is 26.0. The first kappa shape index (κ1) is 20.6. The number of carbonyl (C=O) groups excluding carboxylic acids is 1. The summed E-state index contributed by atoms with van der Waals surface area (Å²) in [6.07, 6.45) is 5.13. The van der Waals surface area contributed by atoms with Crippen LogP contribution in [0.3, 0.4) is 0 Å². The van der Waals surface area contributed by atoms with Crippen molar-refractivity contribution in [2.24, 2.45) is 11.8 Å². The normalized spacial score (nSPS) is 25.0. The van der Waals surface area contributed by atoms with E-state index in [2.05, 4.69) is 46.7 Å². The van der Waals surface area contributed by atoms with E-state index in [0.29, 0.717) is 19.4 Å². The number of hydrogen-bond acceptors (Lipinski definition) is 3. The van der Waals surface area contributed by atoms with Crippen molar-refractivity contribution in [2.75, 3.05) is 19.6 Å². The SMILES string of the molecule is CC1CCN(C(CNC(=O)NC2CCC(C(=O)O)CC2)c2ccccc2)CC1. The van der Waals surface area contributed by atoms with Gasteiger partial charge in [-0.05, 0) is 63.1 Å². The van der Waals surface area contributed by atoms with E-state index in [0.717, 1.165) is 31.8 Å². The number of hydrogen-bond donors (Lipinski definition) is 3. The summed E-state index contributed by atoms with van der Waals surface area (Å²) < 4.78 is 0. The van der Waals surface area contributed by atoms with Crippen LogP contribution in [0, 0.1) is 11.8 Å². The molecule has 3 N–H and O–H groups in total. The number of benzene rings is 1. The fraction of sp³-hybridized carbons (Fsp3) is 0.636. The lowest BCUT2D eigenvalue weighted by molar-refractivity contribution is -0.142. The van der Waals surface area contributed by atoms with Crippen molar-refractivity contribution in [1.82, 2.24) is 15.5 Å². The second kappa shape index (κ2) is 9.92. The van der Waals surface area contributed by atoms with Gasteiger partial charge in [0, 0.05) is 12.6 Å². The zero-order valence-electron chi connectivity index (χ0n) is 16.8. The fourth-order valence-electron chi connectivity index (χ4n) is 4.38. The van der Waals surface area contributed by atoms with Crippen LogP contribution in [0.5, 0.6) is 0 Å². The summed E-state index contributed by atoms with van der Waals surface area (Å²) in [7, 11) is 0. The molecule has 6 nitrogen and oxygen atoms in total. The summed E-state index contributed by atoms with van der Waals surface area (Å²) in [6, 6.07) is 10.5. The van der Waals surface area contributed by atoms with Crippen LogP contribution in [0.4, 0.5) is 4.79 Å². The van der Waals surface area contributed by atoms with E-state index in [1.165, 1.54) is 18.4 Å². The van der Waals surface area contributed by atoms with E-state index in [4.69, 9.17) is 5.11 Å². The lowest BCUT2D eigenvalue weighted by Crippen LogP contribution is -2.47. The van der Waals surface area contributed by atoms with Crippen LogP contribution in [0.1, 0.15) is 57.1 Å². The lowest BCUT2D eigenvalue weighted by Gasteiger charge is -2.37. The van der Waals surface area contributed by atoms with Crippen molar-refractivity contribution in [3.05, 3.63) is 35.9 Å². The highest BCUT2D eigenvalue weighted by molar-refractivity contribution is 5.74. The Bertz CT molecular complexity index is 636. The molecular weight excluding hydrogens is 354 g/mol. The van der Waals surface area contributed by atoms with Crippen LogP contribution < -0.4 is 10.6 Å². The zero-order valence-corrected chi connectivity index (χ0v) is 16.8. The average Bonchev–Trinajstić information content (AvgIpc) is 2.70. The van der Waals surface area contributed by atoms with Gasteiger partial charge >= 0.3 is 12.0 Å². The molecule has 1 aliphatic heterocycles. The molecule has 154 valence electrons. The van der Waals surface area contributed by atoms with Crippen molar-refractivity contribution in [2.45, 2.75) is 57.5 Å².